The van der Waals surface area contributed by atoms with Gasteiger partial charge in [-0.2, -0.15) is 0 Å². The number of hydrogen-bond acceptors (Lipinski definition) is 5. The molecule has 0 bridgehead atoms. The Labute approximate surface area is 166 Å². The Kier molecular flexibility index (Phi) is 6.22. The van der Waals surface area contributed by atoms with Gasteiger partial charge in [-0.3, -0.25) is 14.6 Å². The third-order valence-corrected chi connectivity index (χ3v) is 6.50. The van der Waals surface area contributed by atoms with E-state index in [0.717, 1.165) is 24.3 Å². The van der Waals surface area contributed by atoms with Gasteiger partial charge in [-0.1, -0.05) is 25.7 Å². The van der Waals surface area contributed by atoms with Gasteiger partial charge in [-0.05, 0) is 36.5 Å². The van der Waals surface area contributed by atoms with Crippen LogP contribution in [0.3, 0.4) is 0 Å². The predicted octanol–water partition coefficient (Wildman–Crippen LogP) is 1.63. The SMILES string of the molecule is O=C(CCC1CCCC1)N1CCN(C(=O)C2CC(c3ccncc3)NN2)CC1. The van der Waals surface area contributed by atoms with Crippen LogP contribution in [0.1, 0.15) is 56.6 Å². The number of piperazine rings is 1. The van der Waals surface area contributed by atoms with Crippen molar-refractivity contribution in [1.29, 1.82) is 0 Å². The highest BCUT2D eigenvalue weighted by atomic mass is 16.2. The van der Waals surface area contributed by atoms with Crippen LogP contribution in [0.5, 0.6) is 0 Å². The van der Waals surface area contributed by atoms with E-state index in [0.29, 0.717) is 32.6 Å². The van der Waals surface area contributed by atoms with Crippen LogP contribution < -0.4 is 10.9 Å². The maximum atomic E-state index is 12.9. The van der Waals surface area contributed by atoms with E-state index < -0.39 is 0 Å². The second-order valence-corrected chi connectivity index (χ2v) is 8.31. The van der Waals surface area contributed by atoms with Crippen molar-refractivity contribution in [2.45, 2.75) is 57.0 Å². The number of carbonyl (C=O) groups excluding carboxylic acids is 2. The molecule has 0 radical (unpaired) electrons. The molecule has 3 aliphatic rings. The number of pyridine rings is 1. The fourth-order valence-corrected chi connectivity index (χ4v) is 4.71. The summed E-state index contributed by atoms with van der Waals surface area (Å²) < 4.78 is 0. The van der Waals surface area contributed by atoms with Crippen molar-refractivity contribution in [2.24, 2.45) is 5.92 Å². The Balaban J connectivity index is 1.21. The van der Waals surface area contributed by atoms with E-state index in [1.165, 1.54) is 25.7 Å². The fraction of sp³-hybridized carbons (Fsp3) is 0.667. The van der Waals surface area contributed by atoms with Crippen LogP contribution in [0, 0.1) is 5.92 Å². The van der Waals surface area contributed by atoms with Crippen LogP contribution in [0.15, 0.2) is 24.5 Å². The molecule has 7 nitrogen and oxygen atoms in total. The normalized spacial score (nSPS) is 26.0. The summed E-state index contributed by atoms with van der Waals surface area (Å²) in [5, 5.41) is 0. The molecular formula is C21H31N5O2. The average molecular weight is 386 g/mol. The standard InChI is InChI=1S/C21H31N5O2/c27-20(6-5-16-3-1-2-4-16)25-11-13-26(14-12-25)21(28)19-15-18(23-24-19)17-7-9-22-10-8-17/h7-10,16,18-19,23-24H,1-6,11-15H2. The monoisotopic (exact) mass is 385 g/mol. The third-order valence-electron chi connectivity index (χ3n) is 6.50. The van der Waals surface area contributed by atoms with Gasteiger partial charge < -0.3 is 9.80 Å². The number of rotatable bonds is 5. The van der Waals surface area contributed by atoms with E-state index in [2.05, 4.69) is 15.8 Å². The minimum absolute atomic E-state index is 0.121. The lowest BCUT2D eigenvalue weighted by Gasteiger charge is -2.36. The van der Waals surface area contributed by atoms with Gasteiger partial charge in [0.05, 0.1) is 0 Å². The summed E-state index contributed by atoms with van der Waals surface area (Å²) in [6, 6.07) is 3.85. The zero-order chi connectivity index (χ0) is 19.3. The number of nitrogens with zero attached hydrogens (tertiary/aromatic N) is 3. The third kappa shape index (κ3) is 4.52. The first-order valence-corrected chi connectivity index (χ1v) is 10.7. The topological polar surface area (TPSA) is 77.6 Å². The molecule has 2 N–H and O–H groups in total. The Morgan fingerprint density at radius 3 is 2.39 bits per heavy atom. The molecule has 1 aromatic heterocycles. The first-order chi connectivity index (χ1) is 13.7. The van der Waals surface area contributed by atoms with Crippen molar-refractivity contribution in [2.75, 3.05) is 26.2 Å². The van der Waals surface area contributed by atoms with Gasteiger partial charge in [-0.15, -0.1) is 0 Å². The molecule has 1 aliphatic carbocycles. The Bertz CT molecular complexity index is 669. The maximum Gasteiger partial charge on any atom is 0.241 e. The average Bonchev–Trinajstić information content (AvgIpc) is 3.44. The maximum absolute atomic E-state index is 12.9. The number of hydrazine groups is 1. The first kappa shape index (κ1) is 19.3. The molecule has 4 rings (SSSR count). The molecule has 2 saturated heterocycles. The minimum atomic E-state index is -0.220. The molecule has 2 unspecified atom stereocenters. The van der Waals surface area contributed by atoms with Crippen molar-refractivity contribution in [3.63, 3.8) is 0 Å². The van der Waals surface area contributed by atoms with Crippen molar-refractivity contribution < 1.29 is 9.59 Å². The van der Waals surface area contributed by atoms with Crippen LogP contribution in [-0.2, 0) is 9.59 Å². The molecule has 2 aliphatic heterocycles. The van der Waals surface area contributed by atoms with E-state index in [9.17, 15) is 9.59 Å². The van der Waals surface area contributed by atoms with Crippen LogP contribution in [0.25, 0.3) is 0 Å². The van der Waals surface area contributed by atoms with E-state index in [1.807, 2.05) is 21.9 Å². The molecule has 3 fully saturated rings. The van der Waals surface area contributed by atoms with Crippen molar-refractivity contribution in [1.82, 2.24) is 25.6 Å². The summed E-state index contributed by atoms with van der Waals surface area (Å²) in [5.41, 5.74) is 7.50. The highest BCUT2D eigenvalue weighted by Crippen LogP contribution is 2.29. The second kappa shape index (κ2) is 9.01. The van der Waals surface area contributed by atoms with Gasteiger partial charge in [0.2, 0.25) is 11.8 Å². The lowest BCUT2D eigenvalue weighted by atomic mass is 10.0. The van der Waals surface area contributed by atoms with Crippen molar-refractivity contribution in [3.05, 3.63) is 30.1 Å². The Morgan fingerprint density at radius 2 is 1.68 bits per heavy atom. The number of aromatic nitrogens is 1. The van der Waals surface area contributed by atoms with Crippen molar-refractivity contribution in [3.8, 4) is 0 Å². The van der Waals surface area contributed by atoms with Gasteiger partial charge >= 0.3 is 0 Å². The van der Waals surface area contributed by atoms with Crippen LogP contribution in [0.4, 0.5) is 0 Å². The molecular weight excluding hydrogens is 354 g/mol. The molecule has 0 aromatic carbocycles. The molecule has 2 atom stereocenters. The lowest BCUT2D eigenvalue weighted by molar-refractivity contribution is -0.140. The molecule has 1 saturated carbocycles. The van der Waals surface area contributed by atoms with E-state index in [4.69, 9.17) is 0 Å². The summed E-state index contributed by atoms with van der Waals surface area (Å²) in [4.78, 5) is 33.2. The van der Waals surface area contributed by atoms with Crippen LogP contribution in [-0.4, -0.2) is 58.8 Å². The fourth-order valence-electron chi connectivity index (χ4n) is 4.71. The quantitative estimate of drug-likeness (QED) is 0.806. The lowest BCUT2D eigenvalue weighted by Crippen LogP contribution is -2.54. The van der Waals surface area contributed by atoms with Gasteiger partial charge in [0.1, 0.15) is 6.04 Å². The number of nitrogens with one attached hydrogen (secondary N) is 2. The molecule has 1 aromatic rings. The summed E-state index contributed by atoms with van der Waals surface area (Å²) in [5.74, 6) is 1.14. The predicted molar refractivity (Wildman–Crippen MR) is 106 cm³/mol. The molecule has 0 spiro atoms. The second-order valence-electron chi connectivity index (χ2n) is 8.31. The van der Waals surface area contributed by atoms with E-state index in [-0.39, 0.29) is 23.9 Å². The number of amides is 2. The van der Waals surface area contributed by atoms with Gasteiger partial charge in [0, 0.05) is 51.0 Å². The zero-order valence-corrected chi connectivity index (χ0v) is 16.5. The number of hydrogen-bond donors (Lipinski definition) is 2. The van der Waals surface area contributed by atoms with E-state index in [1.54, 1.807) is 12.4 Å². The summed E-state index contributed by atoms with van der Waals surface area (Å²) >= 11 is 0. The first-order valence-electron chi connectivity index (χ1n) is 10.7. The van der Waals surface area contributed by atoms with Crippen molar-refractivity contribution >= 4 is 11.8 Å². The van der Waals surface area contributed by atoms with E-state index >= 15 is 0 Å². The molecule has 3 heterocycles. The van der Waals surface area contributed by atoms with Gasteiger partial charge in [0.25, 0.3) is 0 Å². The summed E-state index contributed by atoms with van der Waals surface area (Å²) in [7, 11) is 0. The largest absolute Gasteiger partial charge is 0.339 e. The highest BCUT2D eigenvalue weighted by molar-refractivity contribution is 5.83. The van der Waals surface area contributed by atoms with Gasteiger partial charge in [0.15, 0.2) is 0 Å². The minimum Gasteiger partial charge on any atom is -0.339 e. The smallest absolute Gasteiger partial charge is 0.241 e. The molecule has 7 heteroatoms. The molecule has 28 heavy (non-hydrogen) atoms. The summed E-state index contributed by atoms with van der Waals surface area (Å²) in [6.07, 6.45) is 11.2. The highest BCUT2D eigenvalue weighted by Gasteiger charge is 2.34. The Hall–Kier alpha value is -1.99. The van der Waals surface area contributed by atoms with Crippen LogP contribution in [0.2, 0.25) is 0 Å². The zero-order valence-electron chi connectivity index (χ0n) is 16.5. The Morgan fingerprint density at radius 1 is 1.00 bits per heavy atom. The number of carbonyl (C=O) groups is 2. The molecule has 152 valence electrons. The summed E-state index contributed by atoms with van der Waals surface area (Å²) in [6.45, 7) is 2.57. The van der Waals surface area contributed by atoms with Gasteiger partial charge in [-0.25, -0.2) is 10.9 Å². The molecule has 2 amide bonds. The van der Waals surface area contributed by atoms with Crippen LogP contribution >= 0.6 is 0 Å².